The fourth-order valence-electron chi connectivity index (χ4n) is 0.812. The van der Waals surface area contributed by atoms with Crippen molar-refractivity contribution in [2.45, 2.75) is 0 Å². The van der Waals surface area contributed by atoms with Crippen LogP contribution in [0.2, 0.25) is 0 Å². The summed E-state index contributed by atoms with van der Waals surface area (Å²) in [5, 5.41) is 3.18. The molecule has 2 nitrogen and oxygen atoms in total. The summed E-state index contributed by atoms with van der Waals surface area (Å²) in [5.74, 6) is 2.93. The van der Waals surface area contributed by atoms with Gasteiger partial charge in [0.1, 0.15) is 0 Å². The molecule has 0 bridgehead atoms. The molecule has 0 spiro atoms. The molecule has 0 aromatic heterocycles. The van der Waals surface area contributed by atoms with Crippen LogP contribution in [0.25, 0.3) is 0 Å². The first-order valence-electron chi connectivity index (χ1n) is 3.18. The molecule has 1 heterocycles. The minimum absolute atomic E-state index is 0.271. The van der Waals surface area contributed by atoms with E-state index in [1.807, 2.05) is 0 Å². The van der Waals surface area contributed by atoms with Crippen LogP contribution in [0.3, 0.4) is 0 Å². The van der Waals surface area contributed by atoms with Crippen molar-refractivity contribution in [2.75, 3.05) is 26.3 Å². The molecule has 1 saturated heterocycles. The maximum absolute atomic E-state index is 5.20. The maximum atomic E-state index is 5.20. The highest BCUT2D eigenvalue weighted by atomic mass is 16.5. The van der Waals surface area contributed by atoms with Crippen LogP contribution < -0.4 is 5.32 Å². The second-order valence-corrected chi connectivity index (χ2v) is 2.14. The van der Waals surface area contributed by atoms with Crippen molar-refractivity contribution in [2.24, 2.45) is 5.92 Å². The van der Waals surface area contributed by atoms with Gasteiger partial charge in [-0.3, -0.25) is 0 Å². The maximum Gasteiger partial charge on any atom is 0.0616 e. The van der Waals surface area contributed by atoms with Gasteiger partial charge in [0.25, 0.3) is 0 Å². The number of hydrogen-bond donors (Lipinski definition) is 1. The standard InChI is InChI=1S/C7H11NO/c1-2-7-5-8-3-4-9-6-7/h1,7-8H,3-6H2. The Hall–Kier alpha value is -0.520. The smallest absolute Gasteiger partial charge is 0.0616 e. The zero-order valence-corrected chi connectivity index (χ0v) is 5.39. The van der Waals surface area contributed by atoms with Crippen molar-refractivity contribution >= 4 is 0 Å². The van der Waals surface area contributed by atoms with Crippen LogP contribution in [0.15, 0.2) is 0 Å². The van der Waals surface area contributed by atoms with Crippen molar-refractivity contribution in [1.82, 2.24) is 5.32 Å². The summed E-state index contributed by atoms with van der Waals surface area (Å²) in [4.78, 5) is 0. The van der Waals surface area contributed by atoms with Crippen LogP contribution in [-0.4, -0.2) is 26.3 Å². The first-order chi connectivity index (χ1) is 4.43. The van der Waals surface area contributed by atoms with Crippen LogP contribution in [-0.2, 0) is 4.74 Å². The van der Waals surface area contributed by atoms with E-state index in [1.54, 1.807) is 0 Å². The number of nitrogens with one attached hydrogen (secondary N) is 1. The lowest BCUT2D eigenvalue weighted by Crippen LogP contribution is -2.21. The lowest BCUT2D eigenvalue weighted by atomic mass is 10.2. The second-order valence-electron chi connectivity index (χ2n) is 2.14. The number of terminal acetylenes is 1. The van der Waals surface area contributed by atoms with Crippen LogP contribution >= 0.6 is 0 Å². The van der Waals surface area contributed by atoms with Crippen molar-refractivity contribution in [3.05, 3.63) is 0 Å². The Bertz CT molecular complexity index is 109. The lowest BCUT2D eigenvalue weighted by Gasteiger charge is -2.03. The molecule has 9 heavy (non-hydrogen) atoms. The molecule has 1 N–H and O–H groups in total. The number of ether oxygens (including phenoxy) is 1. The number of rotatable bonds is 0. The van der Waals surface area contributed by atoms with E-state index >= 15 is 0 Å². The molecule has 0 aromatic carbocycles. The molecule has 1 fully saturated rings. The second kappa shape index (κ2) is 3.49. The van der Waals surface area contributed by atoms with Crippen molar-refractivity contribution < 1.29 is 4.74 Å². The Morgan fingerprint density at radius 1 is 1.67 bits per heavy atom. The predicted octanol–water partition coefficient (Wildman–Crippen LogP) is -0.144. The summed E-state index contributed by atoms with van der Waals surface area (Å²) in [5.41, 5.74) is 0. The van der Waals surface area contributed by atoms with E-state index < -0.39 is 0 Å². The van der Waals surface area contributed by atoms with Gasteiger partial charge in [0, 0.05) is 13.1 Å². The Morgan fingerprint density at radius 3 is 3.33 bits per heavy atom. The summed E-state index contributed by atoms with van der Waals surface area (Å²) >= 11 is 0. The van der Waals surface area contributed by atoms with Crippen LogP contribution in [0, 0.1) is 18.3 Å². The molecule has 1 rings (SSSR count). The molecule has 1 aliphatic heterocycles. The summed E-state index contributed by atoms with van der Waals surface area (Å²) in [7, 11) is 0. The zero-order chi connectivity index (χ0) is 6.53. The molecule has 0 saturated carbocycles. The van der Waals surface area contributed by atoms with Crippen LogP contribution in [0.5, 0.6) is 0 Å². The summed E-state index contributed by atoms with van der Waals surface area (Å²) in [6.07, 6.45) is 5.20. The molecule has 0 aromatic rings. The van der Waals surface area contributed by atoms with Gasteiger partial charge in [-0.05, 0) is 0 Å². The molecule has 0 amide bonds. The summed E-state index contributed by atoms with van der Waals surface area (Å²) in [6.45, 7) is 3.33. The molecule has 1 aliphatic rings. The van der Waals surface area contributed by atoms with E-state index in [2.05, 4.69) is 11.2 Å². The molecule has 2 heteroatoms. The zero-order valence-electron chi connectivity index (χ0n) is 5.39. The van der Waals surface area contributed by atoms with Gasteiger partial charge in [0.2, 0.25) is 0 Å². The summed E-state index contributed by atoms with van der Waals surface area (Å²) in [6, 6.07) is 0. The molecular weight excluding hydrogens is 114 g/mol. The third kappa shape index (κ3) is 2.05. The monoisotopic (exact) mass is 125 g/mol. The molecule has 50 valence electrons. The third-order valence-corrected chi connectivity index (χ3v) is 1.37. The Morgan fingerprint density at radius 2 is 2.56 bits per heavy atom. The van der Waals surface area contributed by atoms with E-state index in [-0.39, 0.29) is 5.92 Å². The van der Waals surface area contributed by atoms with Gasteiger partial charge in [-0.1, -0.05) is 5.92 Å². The minimum atomic E-state index is 0.271. The van der Waals surface area contributed by atoms with E-state index in [9.17, 15) is 0 Å². The van der Waals surface area contributed by atoms with Crippen molar-refractivity contribution in [3.8, 4) is 12.3 Å². The first kappa shape index (κ1) is 6.60. The average molecular weight is 125 g/mol. The van der Waals surface area contributed by atoms with Gasteiger partial charge in [0.05, 0.1) is 19.1 Å². The fourth-order valence-corrected chi connectivity index (χ4v) is 0.812. The van der Waals surface area contributed by atoms with Gasteiger partial charge in [0.15, 0.2) is 0 Å². The minimum Gasteiger partial charge on any atom is -0.379 e. The van der Waals surface area contributed by atoms with Gasteiger partial charge in [-0.2, -0.15) is 0 Å². The van der Waals surface area contributed by atoms with Gasteiger partial charge >= 0.3 is 0 Å². The normalized spacial score (nSPS) is 28.6. The molecule has 0 aliphatic carbocycles. The molecule has 1 unspecified atom stereocenters. The lowest BCUT2D eigenvalue weighted by molar-refractivity contribution is 0.137. The van der Waals surface area contributed by atoms with E-state index in [0.29, 0.717) is 6.61 Å². The van der Waals surface area contributed by atoms with Crippen LogP contribution in [0.1, 0.15) is 0 Å². The summed E-state index contributed by atoms with van der Waals surface area (Å²) < 4.78 is 5.19. The average Bonchev–Trinajstić information content (AvgIpc) is 2.13. The molecule has 1 atom stereocenters. The SMILES string of the molecule is C#CC1CNCCOC1. The predicted molar refractivity (Wildman–Crippen MR) is 36.0 cm³/mol. The topological polar surface area (TPSA) is 21.3 Å². The van der Waals surface area contributed by atoms with Gasteiger partial charge < -0.3 is 10.1 Å². The van der Waals surface area contributed by atoms with Gasteiger partial charge in [-0.15, -0.1) is 6.42 Å². The van der Waals surface area contributed by atoms with Crippen molar-refractivity contribution in [1.29, 1.82) is 0 Å². The third-order valence-electron chi connectivity index (χ3n) is 1.37. The number of hydrogen-bond acceptors (Lipinski definition) is 2. The highest BCUT2D eigenvalue weighted by molar-refractivity contribution is 4.94. The van der Waals surface area contributed by atoms with Crippen LogP contribution in [0.4, 0.5) is 0 Å². The fraction of sp³-hybridized carbons (Fsp3) is 0.714. The molecule has 0 radical (unpaired) electrons. The quantitative estimate of drug-likeness (QED) is 0.455. The van der Waals surface area contributed by atoms with E-state index in [0.717, 1.165) is 19.7 Å². The Balaban J connectivity index is 2.29. The largest absolute Gasteiger partial charge is 0.379 e. The van der Waals surface area contributed by atoms with E-state index in [1.165, 1.54) is 0 Å². The Kier molecular flexibility index (Phi) is 2.56. The van der Waals surface area contributed by atoms with Gasteiger partial charge in [-0.25, -0.2) is 0 Å². The Labute approximate surface area is 55.6 Å². The first-order valence-corrected chi connectivity index (χ1v) is 3.18. The molecular formula is C7H11NO. The van der Waals surface area contributed by atoms with E-state index in [4.69, 9.17) is 11.2 Å². The highest BCUT2D eigenvalue weighted by Gasteiger charge is 2.07. The van der Waals surface area contributed by atoms with Crippen molar-refractivity contribution in [3.63, 3.8) is 0 Å². The highest BCUT2D eigenvalue weighted by Crippen LogP contribution is 1.95.